The van der Waals surface area contributed by atoms with Crippen LogP contribution in [0.4, 0.5) is 0 Å². The molecule has 1 aliphatic heterocycles. The number of nitrogens with zero attached hydrogens (tertiary/aromatic N) is 1. The molecule has 5 rings (SSSR count). The molecule has 1 aliphatic rings. The average molecular weight is 523 g/mol. The molecule has 37 heavy (non-hydrogen) atoms. The van der Waals surface area contributed by atoms with Gasteiger partial charge in [0.15, 0.2) is 6.61 Å². The van der Waals surface area contributed by atoms with Crippen molar-refractivity contribution in [3.63, 3.8) is 0 Å². The normalized spacial score (nSPS) is 15.1. The largest absolute Gasteiger partial charge is 0.482 e. The van der Waals surface area contributed by atoms with Gasteiger partial charge in [-0.1, -0.05) is 43.1 Å². The number of nitrogens with one attached hydrogen (secondary N) is 1. The Balaban J connectivity index is 1.39. The van der Waals surface area contributed by atoms with Gasteiger partial charge in [0.2, 0.25) is 0 Å². The van der Waals surface area contributed by atoms with E-state index in [1.165, 1.54) is 24.1 Å². The number of esters is 1. The molecule has 0 radical (unpaired) electrons. The summed E-state index contributed by atoms with van der Waals surface area (Å²) in [7, 11) is 1.31. The maximum absolute atomic E-state index is 13.3. The number of carbonyl (C=O) groups is 2. The zero-order chi connectivity index (χ0) is 26.1. The second-order valence-corrected chi connectivity index (χ2v) is 9.56. The first-order chi connectivity index (χ1) is 17.9. The monoisotopic (exact) mass is 522 g/mol. The van der Waals surface area contributed by atoms with Crippen LogP contribution in [-0.2, 0) is 33.7 Å². The molecule has 2 aromatic carbocycles. The van der Waals surface area contributed by atoms with E-state index >= 15 is 0 Å². The van der Waals surface area contributed by atoms with Crippen LogP contribution in [0, 0.1) is 0 Å². The van der Waals surface area contributed by atoms with Crippen molar-refractivity contribution < 1.29 is 23.5 Å². The molecule has 1 atom stereocenters. The van der Waals surface area contributed by atoms with Crippen molar-refractivity contribution in [3.8, 4) is 5.75 Å². The highest BCUT2D eigenvalue weighted by Gasteiger charge is 2.37. The third kappa shape index (κ3) is 4.81. The van der Waals surface area contributed by atoms with Crippen molar-refractivity contribution in [2.24, 2.45) is 0 Å². The molecule has 0 spiro atoms. The zero-order valence-corrected chi connectivity index (χ0v) is 21.4. The number of aromatic amines is 1. The van der Waals surface area contributed by atoms with Crippen LogP contribution in [0.15, 0.2) is 51.7 Å². The van der Waals surface area contributed by atoms with E-state index in [0.29, 0.717) is 17.0 Å². The molecule has 0 saturated heterocycles. The molecule has 0 bridgehead atoms. The summed E-state index contributed by atoms with van der Waals surface area (Å²) in [6.45, 7) is 1.94. The Morgan fingerprint density at radius 1 is 1.19 bits per heavy atom. The standard InChI is InChI=1S/C28H27ClN2O6/c1-3-4-7-16-10-27(33)37-24-13-25(20(29)11-18(16)24)36-15-26(32)31-14-22-19(12-23(31)28(34)35-2)17-8-5-6-9-21(17)30-22/h5-6,8-11,13,23,30H,3-4,7,12,14-15H2,1-2H3. The van der Waals surface area contributed by atoms with Crippen LogP contribution in [0.3, 0.4) is 0 Å². The maximum atomic E-state index is 13.3. The van der Waals surface area contributed by atoms with E-state index in [1.807, 2.05) is 24.3 Å². The molecule has 2 aromatic heterocycles. The number of aryl methyl sites for hydroxylation is 1. The Kier molecular flexibility index (Phi) is 6.93. The van der Waals surface area contributed by atoms with E-state index in [0.717, 1.165) is 52.4 Å². The molecular weight excluding hydrogens is 496 g/mol. The summed E-state index contributed by atoms with van der Waals surface area (Å²) in [6, 6.07) is 11.8. The van der Waals surface area contributed by atoms with Crippen LogP contribution in [-0.4, -0.2) is 41.5 Å². The van der Waals surface area contributed by atoms with E-state index < -0.39 is 23.5 Å². The van der Waals surface area contributed by atoms with E-state index in [1.54, 1.807) is 6.07 Å². The lowest BCUT2D eigenvalue weighted by atomic mass is 9.96. The first kappa shape index (κ1) is 24.9. The molecule has 1 N–H and O–H groups in total. The first-order valence-electron chi connectivity index (χ1n) is 12.2. The lowest BCUT2D eigenvalue weighted by Crippen LogP contribution is -2.50. The molecule has 1 amide bonds. The van der Waals surface area contributed by atoms with Gasteiger partial charge in [-0.05, 0) is 36.1 Å². The van der Waals surface area contributed by atoms with Crippen molar-refractivity contribution >= 4 is 45.3 Å². The van der Waals surface area contributed by atoms with E-state index in [9.17, 15) is 14.4 Å². The number of H-pyrrole nitrogens is 1. The lowest BCUT2D eigenvalue weighted by Gasteiger charge is -2.33. The van der Waals surface area contributed by atoms with Crippen LogP contribution in [0.2, 0.25) is 5.02 Å². The zero-order valence-electron chi connectivity index (χ0n) is 20.6. The molecule has 0 aliphatic carbocycles. The summed E-state index contributed by atoms with van der Waals surface area (Å²) >= 11 is 6.48. The fourth-order valence-electron chi connectivity index (χ4n) is 4.95. The van der Waals surface area contributed by atoms with Gasteiger partial charge in [0.1, 0.15) is 17.4 Å². The second kappa shape index (κ2) is 10.3. The highest BCUT2D eigenvalue weighted by Crippen LogP contribution is 2.33. The predicted octanol–water partition coefficient (Wildman–Crippen LogP) is 4.78. The SMILES string of the molecule is CCCCc1cc(=O)oc2cc(OCC(=O)N3Cc4[nH]c5ccccc5c4CC3C(=O)OC)c(Cl)cc12. The number of ether oxygens (including phenoxy) is 2. The van der Waals surface area contributed by atoms with Gasteiger partial charge in [0, 0.05) is 40.5 Å². The van der Waals surface area contributed by atoms with Gasteiger partial charge in [-0.2, -0.15) is 0 Å². The Morgan fingerprint density at radius 2 is 2.00 bits per heavy atom. The molecule has 0 fully saturated rings. The van der Waals surface area contributed by atoms with E-state index in [-0.39, 0.29) is 18.9 Å². The quantitative estimate of drug-likeness (QED) is 0.277. The Morgan fingerprint density at radius 3 is 2.78 bits per heavy atom. The van der Waals surface area contributed by atoms with Crippen molar-refractivity contribution in [2.75, 3.05) is 13.7 Å². The number of hydrogen-bond acceptors (Lipinski definition) is 6. The number of carbonyl (C=O) groups excluding carboxylic acids is 2. The van der Waals surface area contributed by atoms with Crippen LogP contribution >= 0.6 is 11.6 Å². The third-order valence-corrected chi connectivity index (χ3v) is 7.13. The number of methoxy groups -OCH3 is 1. The fourth-order valence-corrected chi connectivity index (χ4v) is 5.17. The molecular formula is C28H27ClN2O6. The van der Waals surface area contributed by atoms with Crippen LogP contribution < -0.4 is 10.4 Å². The predicted molar refractivity (Wildman–Crippen MR) is 140 cm³/mol. The summed E-state index contributed by atoms with van der Waals surface area (Å²) in [5.74, 6) is -0.667. The number of rotatable bonds is 7. The van der Waals surface area contributed by atoms with E-state index in [2.05, 4.69) is 11.9 Å². The molecule has 192 valence electrons. The highest BCUT2D eigenvalue weighted by molar-refractivity contribution is 6.32. The minimum Gasteiger partial charge on any atom is -0.482 e. The van der Waals surface area contributed by atoms with Gasteiger partial charge in [-0.15, -0.1) is 0 Å². The number of aromatic nitrogens is 1. The maximum Gasteiger partial charge on any atom is 0.336 e. The van der Waals surface area contributed by atoms with Crippen molar-refractivity contribution in [2.45, 2.75) is 45.2 Å². The Hall–Kier alpha value is -3.78. The van der Waals surface area contributed by atoms with Gasteiger partial charge in [0.25, 0.3) is 5.91 Å². The number of hydrogen-bond donors (Lipinski definition) is 1. The lowest BCUT2D eigenvalue weighted by molar-refractivity contribution is -0.154. The molecule has 3 heterocycles. The van der Waals surface area contributed by atoms with Gasteiger partial charge in [-0.25, -0.2) is 9.59 Å². The smallest absolute Gasteiger partial charge is 0.336 e. The summed E-state index contributed by atoms with van der Waals surface area (Å²) < 4.78 is 16.2. The minimum atomic E-state index is -0.779. The third-order valence-electron chi connectivity index (χ3n) is 6.83. The van der Waals surface area contributed by atoms with Gasteiger partial charge >= 0.3 is 11.6 Å². The molecule has 4 aromatic rings. The molecule has 1 unspecified atom stereocenters. The summed E-state index contributed by atoms with van der Waals surface area (Å²) in [5.41, 5.74) is 3.58. The Labute approximate surface area is 218 Å². The number of fused-ring (bicyclic) bond motifs is 4. The highest BCUT2D eigenvalue weighted by atomic mass is 35.5. The van der Waals surface area contributed by atoms with Gasteiger partial charge in [0.05, 0.1) is 18.7 Å². The fraction of sp³-hybridized carbons (Fsp3) is 0.321. The number of benzene rings is 2. The summed E-state index contributed by atoms with van der Waals surface area (Å²) in [6.07, 6.45) is 2.98. The minimum absolute atomic E-state index is 0.215. The van der Waals surface area contributed by atoms with Crippen molar-refractivity contribution in [1.29, 1.82) is 0 Å². The van der Waals surface area contributed by atoms with Crippen LogP contribution in [0.1, 0.15) is 36.6 Å². The average Bonchev–Trinajstić information content (AvgIpc) is 3.27. The van der Waals surface area contributed by atoms with Gasteiger partial charge in [-0.3, -0.25) is 4.79 Å². The van der Waals surface area contributed by atoms with E-state index in [4.69, 9.17) is 25.5 Å². The molecule has 8 nitrogen and oxygen atoms in total. The number of unbranched alkanes of at least 4 members (excludes halogenated alkanes) is 1. The first-order valence-corrected chi connectivity index (χ1v) is 12.6. The van der Waals surface area contributed by atoms with Crippen LogP contribution in [0.25, 0.3) is 21.9 Å². The van der Waals surface area contributed by atoms with Crippen molar-refractivity contribution in [3.05, 3.63) is 74.7 Å². The number of amides is 1. The second-order valence-electron chi connectivity index (χ2n) is 9.15. The number of halogens is 1. The summed E-state index contributed by atoms with van der Waals surface area (Å²) in [5, 5.41) is 2.07. The summed E-state index contributed by atoms with van der Waals surface area (Å²) in [4.78, 5) is 42.8. The Bertz CT molecular complexity index is 1560. The topological polar surface area (TPSA) is 102 Å². The number of para-hydroxylation sites is 1. The van der Waals surface area contributed by atoms with Crippen molar-refractivity contribution in [1.82, 2.24) is 9.88 Å². The molecule has 0 saturated carbocycles. The molecule has 9 heteroatoms. The van der Waals surface area contributed by atoms with Gasteiger partial charge < -0.3 is 23.8 Å². The van der Waals surface area contributed by atoms with Crippen LogP contribution in [0.5, 0.6) is 5.75 Å².